The molecule has 3 rings (SSSR count). The molecule has 2 aromatic heterocycles. The molecule has 0 fully saturated rings. The van der Waals surface area contributed by atoms with Crippen molar-refractivity contribution < 1.29 is 9.18 Å². The highest BCUT2D eigenvalue weighted by molar-refractivity contribution is 6.31. The van der Waals surface area contributed by atoms with Gasteiger partial charge in [0.15, 0.2) is 5.82 Å². The van der Waals surface area contributed by atoms with Gasteiger partial charge in [0.1, 0.15) is 16.7 Å². The summed E-state index contributed by atoms with van der Waals surface area (Å²) in [5.74, 6) is -0.457. The highest BCUT2D eigenvalue weighted by Crippen LogP contribution is 2.22. The molecule has 0 saturated heterocycles. The van der Waals surface area contributed by atoms with E-state index in [1.807, 2.05) is 6.92 Å². The Hall–Kier alpha value is -3.07. The van der Waals surface area contributed by atoms with Crippen LogP contribution in [0.2, 0.25) is 5.15 Å². The molecule has 152 valence electrons. The maximum Gasteiger partial charge on any atom is 0.248 e. The number of nitrogens with zero attached hydrogens (tertiary/aromatic N) is 6. The molecule has 0 bridgehead atoms. The lowest BCUT2D eigenvalue weighted by Crippen LogP contribution is -2.09. The first-order valence-corrected chi connectivity index (χ1v) is 9.55. The molecule has 0 spiro atoms. The van der Waals surface area contributed by atoms with Crippen LogP contribution in [0.4, 0.5) is 10.1 Å². The van der Waals surface area contributed by atoms with Gasteiger partial charge in [-0.2, -0.15) is 9.78 Å². The second kappa shape index (κ2) is 8.95. The third-order valence-electron chi connectivity index (χ3n) is 4.30. The molecular weight excluding hydrogens is 397 g/mol. The van der Waals surface area contributed by atoms with Crippen LogP contribution in [-0.4, -0.2) is 35.9 Å². The van der Waals surface area contributed by atoms with Crippen molar-refractivity contribution in [3.63, 3.8) is 0 Å². The van der Waals surface area contributed by atoms with E-state index in [0.29, 0.717) is 22.2 Å². The Kier molecular flexibility index (Phi) is 6.38. The van der Waals surface area contributed by atoms with E-state index < -0.39 is 5.82 Å². The highest BCUT2D eigenvalue weighted by Gasteiger charge is 2.13. The lowest BCUT2D eigenvalue weighted by Gasteiger charge is -2.07. The number of nitrogens with one attached hydrogen (secondary N) is 1. The zero-order valence-corrected chi connectivity index (χ0v) is 17.1. The molecule has 0 unspecified atom stereocenters. The molecule has 0 aliphatic rings. The number of aromatic nitrogens is 6. The van der Waals surface area contributed by atoms with Crippen molar-refractivity contribution in [2.24, 2.45) is 0 Å². The van der Waals surface area contributed by atoms with E-state index in [2.05, 4.69) is 32.9 Å². The molecule has 3 aromatic rings. The molecular formula is C19H21ClFN7O. The molecule has 0 atom stereocenters. The number of carbonyl (C=O) groups excluding carboxylic acids is 1. The summed E-state index contributed by atoms with van der Waals surface area (Å²) in [6.07, 6.45) is 4.99. The Morgan fingerprint density at radius 3 is 2.83 bits per heavy atom. The minimum Gasteiger partial charge on any atom is -0.322 e. The molecule has 0 saturated carbocycles. The first kappa shape index (κ1) is 20.7. The molecule has 1 N–H and O–H groups in total. The summed E-state index contributed by atoms with van der Waals surface area (Å²) in [5.41, 5.74) is 1.99. The van der Waals surface area contributed by atoms with Gasteiger partial charge in [0.25, 0.3) is 0 Å². The number of rotatable bonds is 7. The van der Waals surface area contributed by atoms with E-state index in [0.717, 1.165) is 25.1 Å². The van der Waals surface area contributed by atoms with E-state index in [-0.39, 0.29) is 11.6 Å². The fraction of sp³-hybridized carbons (Fsp3) is 0.316. The zero-order valence-electron chi connectivity index (χ0n) is 16.4. The van der Waals surface area contributed by atoms with Crippen molar-refractivity contribution in [2.45, 2.75) is 40.2 Å². The van der Waals surface area contributed by atoms with E-state index in [9.17, 15) is 9.18 Å². The second-order valence-corrected chi connectivity index (χ2v) is 6.85. The summed E-state index contributed by atoms with van der Waals surface area (Å²) < 4.78 is 17.1. The summed E-state index contributed by atoms with van der Waals surface area (Å²) >= 11 is 6.37. The molecule has 0 aliphatic heterocycles. The Morgan fingerprint density at radius 2 is 2.14 bits per heavy atom. The predicted octanol–water partition coefficient (Wildman–Crippen LogP) is 3.72. The van der Waals surface area contributed by atoms with E-state index in [4.69, 9.17) is 11.6 Å². The van der Waals surface area contributed by atoms with Gasteiger partial charge in [0, 0.05) is 23.9 Å². The predicted molar refractivity (Wildman–Crippen MR) is 108 cm³/mol. The minimum absolute atomic E-state index is 0.144. The van der Waals surface area contributed by atoms with Gasteiger partial charge in [-0.1, -0.05) is 24.9 Å². The van der Waals surface area contributed by atoms with Crippen LogP contribution in [0.3, 0.4) is 0 Å². The number of tetrazole rings is 1. The smallest absolute Gasteiger partial charge is 0.248 e. The molecule has 2 heterocycles. The lowest BCUT2D eigenvalue weighted by atomic mass is 10.2. The maximum absolute atomic E-state index is 14.1. The highest BCUT2D eigenvalue weighted by atomic mass is 35.5. The van der Waals surface area contributed by atoms with Crippen LogP contribution in [-0.2, 0) is 11.3 Å². The lowest BCUT2D eigenvalue weighted by molar-refractivity contribution is -0.111. The summed E-state index contributed by atoms with van der Waals surface area (Å²) in [5, 5.41) is 18.6. The first-order chi connectivity index (χ1) is 13.9. The third kappa shape index (κ3) is 4.68. The van der Waals surface area contributed by atoms with Crippen LogP contribution < -0.4 is 5.32 Å². The monoisotopic (exact) mass is 417 g/mol. The number of amides is 1. The number of aryl methyl sites for hydroxylation is 3. The number of benzene rings is 1. The average Bonchev–Trinajstić information content (AvgIpc) is 3.23. The van der Waals surface area contributed by atoms with Gasteiger partial charge in [-0.25, -0.2) is 4.39 Å². The van der Waals surface area contributed by atoms with Crippen LogP contribution in [0.5, 0.6) is 0 Å². The zero-order chi connectivity index (χ0) is 21.0. The van der Waals surface area contributed by atoms with Crippen molar-refractivity contribution in [1.29, 1.82) is 0 Å². The number of hydrogen-bond donors (Lipinski definition) is 1. The van der Waals surface area contributed by atoms with Crippen LogP contribution in [0.15, 0.2) is 24.3 Å². The molecule has 0 radical (unpaired) electrons. The molecule has 0 aliphatic carbocycles. The number of carbonyl (C=O) groups is 1. The molecule has 29 heavy (non-hydrogen) atoms. The fourth-order valence-electron chi connectivity index (χ4n) is 2.76. The number of hydrogen-bond acceptors (Lipinski definition) is 5. The summed E-state index contributed by atoms with van der Waals surface area (Å²) in [7, 11) is 0. The van der Waals surface area contributed by atoms with Gasteiger partial charge >= 0.3 is 0 Å². The summed E-state index contributed by atoms with van der Waals surface area (Å²) in [6, 6.07) is 4.17. The van der Waals surface area contributed by atoms with Crippen molar-refractivity contribution in [3.8, 4) is 5.69 Å². The van der Waals surface area contributed by atoms with Crippen molar-refractivity contribution in [3.05, 3.63) is 52.3 Å². The fourth-order valence-corrected chi connectivity index (χ4v) is 3.08. The minimum atomic E-state index is -0.504. The number of anilines is 1. The summed E-state index contributed by atoms with van der Waals surface area (Å²) in [6.45, 7) is 6.31. The number of halogens is 2. The number of unbranched alkanes of at least 4 members (excludes halogenated alkanes) is 1. The van der Waals surface area contributed by atoms with Crippen molar-refractivity contribution >= 4 is 29.3 Å². The van der Waals surface area contributed by atoms with Gasteiger partial charge in [-0.05, 0) is 55.0 Å². The largest absolute Gasteiger partial charge is 0.322 e. The van der Waals surface area contributed by atoms with Gasteiger partial charge in [-0.15, -0.1) is 5.10 Å². The Balaban J connectivity index is 1.75. The Morgan fingerprint density at radius 1 is 1.34 bits per heavy atom. The molecule has 1 amide bonds. The van der Waals surface area contributed by atoms with E-state index in [1.54, 1.807) is 17.7 Å². The van der Waals surface area contributed by atoms with Crippen LogP contribution in [0.25, 0.3) is 11.8 Å². The second-order valence-electron chi connectivity index (χ2n) is 6.49. The van der Waals surface area contributed by atoms with Crippen molar-refractivity contribution in [2.75, 3.05) is 5.32 Å². The standard InChI is InChI=1S/C19H21ClFN7O/c1-4-5-10-27-19(20)15(12(2)24-27)7-9-18(29)22-14-6-8-16(21)17(11-14)28-13(3)23-25-26-28/h6-9,11H,4-5,10H2,1-3H3,(H,22,29)/b9-7+. The average molecular weight is 418 g/mol. The van der Waals surface area contributed by atoms with Gasteiger partial charge in [0.05, 0.1) is 5.69 Å². The SMILES string of the molecule is CCCCn1nc(C)c(/C=C/C(=O)Nc2ccc(F)c(-n3nnnc3C)c2)c1Cl. The van der Waals surface area contributed by atoms with Gasteiger partial charge in [0.2, 0.25) is 5.91 Å². The first-order valence-electron chi connectivity index (χ1n) is 9.17. The van der Waals surface area contributed by atoms with Crippen LogP contribution in [0, 0.1) is 19.7 Å². The third-order valence-corrected chi connectivity index (χ3v) is 4.70. The topological polar surface area (TPSA) is 90.5 Å². The molecule has 1 aromatic carbocycles. The van der Waals surface area contributed by atoms with E-state index in [1.165, 1.54) is 29.0 Å². The Labute approximate surface area is 172 Å². The Bertz CT molecular complexity index is 1060. The quantitative estimate of drug-likeness (QED) is 0.591. The summed E-state index contributed by atoms with van der Waals surface area (Å²) in [4.78, 5) is 12.3. The maximum atomic E-state index is 14.1. The molecule has 8 nitrogen and oxygen atoms in total. The van der Waals surface area contributed by atoms with Gasteiger partial charge < -0.3 is 5.32 Å². The van der Waals surface area contributed by atoms with Crippen molar-refractivity contribution in [1.82, 2.24) is 30.0 Å². The van der Waals surface area contributed by atoms with Gasteiger partial charge in [-0.3, -0.25) is 9.48 Å². The normalized spacial score (nSPS) is 11.3. The molecule has 10 heteroatoms. The van der Waals surface area contributed by atoms with Crippen LogP contribution >= 0.6 is 11.6 Å². The van der Waals surface area contributed by atoms with Crippen LogP contribution in [0.1, 0.15) is 36.8 Å². The van der Waals surface area contributed by atoms with E-state index >= 15 is 0 Å².